The van der Waals surface area contributed by atoms with Gasteiger partial charge in [-0.3, -0.25) is 9.59 Å². The van der Waals surface area contributed by atoms with Gasteiger partial charge in [-0.05, 0) is 19.9 Å². The van der Waals surface area contributed by atoms with Gasteiger partial charge in [0.2, 0.25) is 0 Å². The van der Waals surface area contributed by atoms with Crippen LogP contribution in [0.4, 0.5) is 0 Å². The molecule has 1 aromatic rings. The van der Waals surface area contributed by atoms with E-state index in [1.54, 1.807) is 23.8 Å². The molecule has 0 spiro atoms. The fourth-order valence-electron chi connectivity index (χ4n) is 1.11. The highest BCUT2D eigenvalue weighted by Crippen LogP contribution is 1.92. The molecule has 0 aliphatic rings. The van der Waals surface area contributed by atoms with Gasteiger partial charge in [0, 0.05) is 24.7 Å². The van der Waals surface area contributed by atoms with Crippen LogP contribution >= 0.6 is 0 Å². The van der Waals surface area contributed by atoms with Gasteiger partial charge in [0.05, 0.1) is 0 Å². The second-order valence-corrected chi connectivity index (χ2v) is 3.14. The van der Waals surface area contributed by atoms with Crippen LogP contribution in [0.3, 0.4) is 0 Å². The second-order valence-electron chi connectivity index (χ2n) is 3.14. The third-order valence-electron chi connectivity index (χ3n) is 1.92. The van der Waals surface area contributed by atoms with Crippen LogP contribution in [0.5, 0.6) is 0 Å². The largest absolute Gasteiger partial charge is 0.315 e. The molecule has 0 saturated heterocycles. The molecule has 1 rings (SSSR count). The maximum atomic E-state index is 11.4. The highest BCUT2D eigenvalue weighted by molar-refractivity contribution is 5.75. The Labute approximate surface area is 77.0 Å². The molecule has 0 N–H and O–H groups in total. The average molecular weight is 179 g/mol. The van der Waals surface area contributed by atoms with Gasteiger partial charge in [0.1, 0.15) is 5.78 Å². The Hall–Kier alpha value is -1.38. The van der Waals surface area contributed by atoms with Gasteiger partial charge in [0.25, 0.3) is 5.56 Å². The Morgan fingerprint density at radius 3 is 2.85 bits per heavy atom. The Kier molecular flexibility index (Phi) is 3.01. The molecule has 0 saturated carbocycles. The SMILES string of the molecule is CC(=O)CCn1cccc(C)c1=O. The van der Waals surface area contributed by atoms with E-state index in [9.17, 15) is 9.59 Å². The number of rotatable bonds is 3. The number of hydrogen-bond donors (Lipinski definition) is 0. The fourth-order valence-corrected chi connectivity index (χ4v) is 1.11. The van der Waals surface area contributed by atoms with E-state index in [0.717, 1.165) is 0 Å². The summed E-state index contributed by atoms with van der Waals surface area (Å²) in [6.45, 7) is 3.78. The Morgan fingerprint density at radius 2 is 2.23 bits per heavy atom. The van der Waals surface area contributed by atoms with Crippen molar-refractivity contribution in [1.82, 2.24) is 4.57 Å². The van der Waals surface area contributed by atoms with Crippen molar-refractivity contribution in [2.24, 2.45) is 0 Å². The molecular weight excluding hydrogens is 166 g/mol. The summed E-state index contributed by atoms with van der Waals surface area (Å²) in [5.74, 6) is 0.105. The van der Waals surface area contributed by atoms with E-state index in [1.165, 1.54) is 6.92 Å². The minimum Gasteiger partial charge on any atom is -0.315 e. The van der Waals surface area contributed by atoms with Crippen LogP contribution in [0, 0.1) is 6.92 Å². The van der Waals surface area contributed by atoms with Crippen molar-refractivity contribution < 1.29 is 4.79 Å². The van der Waals surface area contributed by atoms with E-state index in [0.29, 0.717) is 18.5 Å². The topological polar surface area (TPSA) is 39.1 Å². The lowest BCUT2D eigenvalue weighted by Crippen LogP contribution is -2.22. The first kappa shape index (κ1) is 9.71. The zero-order valence-corrected chi connectivity index (χ0v) is 7.91. The number of aromatic nitrogens is 1. The molecule has 13 heavy (non-hydrogen) atoms. The van der Waals surface area contributed by atoms with Crippen LogP contribution in [-0.2, 0) is 11.3 Å². The Morgan fingerprint density at radius 1 is 1.54 bits per heavy atom. The number of carbonyl (C=O) groups is 1. The number of Topliss-reactive ketones (excluding diaryl/α,β-unsaturated/α-hetero) is 1. The molecule has 0 aliphatic carbocycles. The first-order valence-electron chi connectivity index (χ1n) is 4.27. The number of aryl methyl sites for hydroxylation is 2. The first-order valence-corrected chi connectivity index (χ1v) is 4.27. The molecule has 70 valence electrons. The van der Waals surface area contributed by atoms with Crippen molar-refractivity contribution in [1.29, 1.82) is 0 Å². The predicted octanol–water partition coefficient (Wildman–Crippen LogP) is 1.14. The maximum Gasteiger partial charge on any atom is 0.253 e. The minimum atomic E-state index is -0.0104. The summed E-state index contributed by atoms with van der Waals surface area (Å²) in [6, 6.07) is 3.59. The molecule has 1 heterocycles. The van der Waals surface area contributed by atoms with Crippen molar-refractivity contribution >= 4 is 5.78 Å². The van der Waals surface area contributed by atoms with Crippen molar-refractivity contribution in [2.45, 2.75) is 26.8 Å². The molecular formula is C10H13NO2. The van der Waals surface area contributed by atoms with E-state index >= 15 is 0 Å². The van der Waals surface area contributed by atoms with Gasteiger partial charge in [0.15, 0.2) is 0 Å². The van der Waals surface area contributed by atoms with Crippen LogP contribution in [0.15, 0.2) is 23.1 Å². The molecule has 1 aromatic heterocycles. The van der Waals surface area contributed by atoms with E-state index in [4.69, 9.17) is 0 Å². The van der Waals surface area contributed by atoms with Crippen LogP contribution in [0.25, 0.3) is 0 Å². The van der Waals surface area contributed by atoms with Gasteiger partial charge < -0.3 is 4.57 Å². The lowest BCUT2D eigenvalue weighted by molar-refractivity contribution is -0.117. The van der Waals surface area contributed by atoms with Crippen molar-refractivity contribution in [3.8, 4) is 0 Å². The molecule has 0 aliphatic heterocycles. The lowest BCUT2D eigenvalue weighted by Gasteiger charge is -2.03. The number of nitrogens with zero attached hydrogens (tertiary/aromatic N) is 1. The van der Waals surface area contributed by atoms with E-state index in [1.807, 2.05) is 6.07 Å². The van der Waals surface area contributed by atoms with E-state index in [2.05, 4.69) is 0 Å². The highest BCUT2D eigenvalue weighted by Gasteiger charge is 1.99. The van der Waals surface area contributed by atoms with Gasteiger partial charge in [-0.2, -0.15) is 0 Å². The lowest BCUT2D eigenvalue weighted by atomic mass is 10.3. The first-order chi connectivity index (χ1) is 6.11. The van der Waals surface area contributed by atoms with Crippen molar-refractivity contribution in [3.63, 3.8) is 0 Å². The van der Waals surface area contributed by atoms with Crippen LogP contribution < -0.4 is 5.56 Å². The summed E-state index contributed by atoms with van der Waals surface area (Å²) < 4.78 is 1.57. The number of hydrogen-bond acceptors (Lipinski definition) is 2. The monoisotopic (exact) mass is 179 g/mol. The summed E-state index contributed by atoms with van der Waals surface area (Å²) >= 11 is 0. The zero-order chi connectivity index (χ0) is 9.84. The van der Waals surface area contributed by atoms with E-state index in [-0.39, 0.29) is 11.3 Å². The standard InChI is InChI=1S/C10H13NO2/c1-8-4-3-6-11(10(8)13)7-5-9(2)12/h3-4,6H,5,7H2,1-2H3. The predicted molar refractivity (Wildman–Crippen MR) is 50.7 cm³/mol. The Balaban J connectivity index is 2.84. The quantitative estimate of drug-likeness (QED) is 0.697. The minimum absolute atomic E-state index is 0.0104. The number of carbonyl (C=O) groups excluding carboxylic acids is 1. The summed E-state index contributed by atoms with van der Waals surface area (Å²) in [6.07, 6.45) is 2.13. The highest BCUT2D eigenvalue weighted by atomic mass is 16.1. The number of pyridine rings is 1. The van der Waals surface area contributed by atoms with Crippen LogP contribution in [0.2, 0.25) is 0 Å². The van der Waals surface area contributed by atoms with Crippen LogP contribution in [-0.4, -0.2) is 10.4 Å². The Bertz CT molecular complexity index is 365. The number of ketones is 1. The van der Waals surface area contributed by atoms with Gasteiger partial charge >= 0.3 is 0 Å². The van der Waals surface area contributed by atoms with Crippen molar-refractivity contribution in [3.05, 3.63) is 34.2 Å². The molecule has 0 radical (unpaired) electrons. The summed E-state index contributed by atoms with van der Waals surface area (Å²) in [7, 11) is 0. The molecule has 0 aromatic carbocycles. The van der Waals surface area contributed by atoms with Gasteiger partial charge in [-0.15, -0.1) is 0 Å². The van der Waals surface area contributed by atoms with E-state index < -0.39 is 0 Å². The van der Waals surface area contributed by atoms with Gasteiger partial charge in [-0.25, -0.2) is 0 Å². The smallest absolute Gasteiger partial charge is 0.253 e. The zero-order valence-electron chi connectivity index (χ0n) is 7.91. The van der Waals surface area contributed by atoms with Crippen molar-refractivity contribution in [2.75, 3.05) is 0 Å². The van der Waals surface area contributed by atoms with Gasteiger partial charge in [-0.1, -0.05) is 6.07 Å². The van der Waals surface area contributed by atoms with Crippen LogP contribution in [0.1, 0.15) is 18.9 Å². The molecule has 0 unspecified atom stereocenters. The fraction of sp³-hybridized carbons (Fsp3) is 0.400. The molecule has 0 bridgehead atoms. The third kappa shape index (κ3) is 2.54. The molecule has 0 atom stereocenters. The summed E-state index contributed by atoms with van der Waals surface area (Å²) in [5, 5.41) is 0. The average Bonchev–Trinajstić information content (AvgIpc) is 2.07. The molecule has 0 amide bonds. The second kappa shape index (κ2) is 4.03. The summed E-state index contributed by atoms with van der Waals surface area (Å²) in [4.78, 5) is 22.1. The normalized spacial score (nSPS) is 10.0. The third-order valence-corrected chi connectivity index (χ3v) is 1.92. The molecule has 3 nitrogen and oxygen atoms in total. The summed E-state index contributed by atoms with van der Waals surface area (Å²) in [5.41, 5.74) is 0.704. The maximum absolute atomic E-state index is 11.4. The molecule has 0 fully saturated rings. The molecule has 3 heteroatoms.